The third-order valence-electron chi connectivity index (χ3n) is 5.55. The molecule has 32 heavy (non-hydrogen) atoms. The lowest BCUT2D eigenvalue weighted by Gasteiger charge is -2.31. The van der Waals surface area contributed by atoms with Crippen LogP contribution < -0.4 is 10.4 Å². The second-order valence-corrected chi connectivity index (χ2v) is 7.57. The van der Waals surface area contributed by atoms with Crippen molar-refractivity contribution in [2.75, 3.05) is 0 Å². The summed E-state index contributed by atoms with van der Waals surface area (Å²) in [5.41, 5.74) is -0.730. The molecule has 10 heteroatoms. The second kappa shape index (κ2) is 6.59. The van der Waals surface area contributed by atoms with Crippen molar-refractivity contribution in [3.63, 3.8) is 0 Å². The van der Waals surface area contributed by atoms with Crippen LogP contribution in [-0.4, -0.2) is 41.8 Å². The van der Waals surface area contributed by atoms with Crippen LogP contribution in [0.2, 0.25) is 0 Å². The second-order valence-electron chi connectivity index (χ2n) is 7.57. The van der Waals surface area contributed by atoms with Gasteiger partial charge in [0.1, 0.15) is 23.4 Å². The number of hydrogen-bond acceptors (Lipinski definition) is 10. The molecule has 1 aliphatic heterocycles. The maximum atomic E-state index is 12.3. The molecule has 0 aliphatic carbocycles. The van der Waals surface area contributed by atoms with Gasteiger partial charge in [-0.2, -0.15) is 0 Å². The minimum atomic E-state index is -1.16. The van der Waals surface area contributed by atoms with Gasteiger partial charge in [-0.3, -0.25) is 0 Å². The van der Waals surface area contributed by atoms with Gasteiger partial charge in [0.25, 0.3) is 0 Å². The molecule has 10 nitrogen and oxygen atoms in total. The number of hydrogen-bond donors (Lipinski definition) is 7. The zero-order valence-corrected chi connectivity index (χ0v) is 16.1. The number of ether oxygens (including phenoxy) is 1. The average Bonchev–Trinajstić information content (AvgIpc) is 2.73. The summed E-state index contributed by atoms with van der Waals surface area (Å²) in [5.74, 6) is -3.24. The largest absolute Gasteiger partial charge is 0.508 e. The number of benzene rings is 3. The summed E-state index contributed by atoms with van der Waals surface area (Å²) < 4.78 is 10.9. The van der Waals surface area contributed by atoms with E-state index in [1.54, 1.807) is 0 Å². The number of phenolic OH excluding ortho intramolecular Hbond substituents is 6. The van der Waals surface area contributed by atoms with Crippen LogP contribution in [0.25, 0.3) is 21.7 Å². The van der Waals surface area contributed by atoms with E-state index in [-0.39, 0.29) is 51.0 Å². The summed E-state index contributed by atoms with van der Waals surface area (Å²) in [7, 11) is 0. The first-order valence-electron chi connectivity index (χ1n) is 9.42. The number of aliphatic hydroxyl groups is 1. The van der Waals surface area contributed by atoms with Crippen LogP contribution in [0.4, 0.5) is 0 Å². The molecule has 0 fully saturated rings. The van der Waals surface area contributed by atoms with Gasteiger partial charge in [-0.1, -0.05) is 0 Å². The molecule has 0 saturated carbocycles. The Balaban J connectivity index is 1.75. The van der Waals surface area contributed by atoms with Crippen molar-refractivity contribution < 1.29 is 44.9 Å². The monoisotopic (exact) mass is 440 g/mol. The zero-order chi connectivity index (χ0) is 22.9. The Kier molecular flexibility index (Phi) is 4.05. The quantitative estimate of drug-likeness (QED) is 0.132. The van der Waals surface area contributed by atoms with Gasteiger partial charge in [-0.25, -0.2) is 4.79 Å². The Morgan fingerprint density at radius 1 is 0.812 bits per heavy atom. The maximum Gasteiger partial charge on any atom is 0.344 e. The normalized spacial score (nSPS) is 17.9. The molecule has 0 saturated heterocycles. The predicted octanol–water partition coefficient (Wildman–Crippen LogP) is 2.22. The maximum absolute atomic E-state index is 12.3. The van der Waals surface area contributed by atoms with Crippen LogP contribution in [0.1, 0.15) is 17.2 Å². The van der Waals surface area contributed by atoms with E-state index in [2.05, 4.69) is 0 Å². The molecule has 0 amide bonds. The Morgan fingerprint density at radius 2 is 1.56 bits per heavy atom. The van der Waals surface area contributed by atoms with E-state index in [1.165, 1.54) is 18.2 Å². The lowest BCUT2D eigenvalue weighted by molar-refractivity contribution is 0.0198. The number of fused-ring (bicyclic) bond motifs is 4. The summed E-state index contributed by atoms with van der Waals surface area (Å²) >= 11 is 0. The third kappa shape index (κ3) is 2.73. The van der Waals surface area contributed by atoms with E-state index in [4.69, 9.17) is 9.15 Å². The van der Waals surface area contributed by atoms with Gasteiger partial charge in [0, 0.05) is 34.9 Å². The highest BCUT2D eigenvalue weighted by Gasteiger charge is 2.33. The van der Waals surface area contributed by atoms with Crippen LogP contribution in [0.3, 0.4) is 0 Å². The number of rotatable bonds is 1. The summed E-state index contributed by atoms with van der Waals surface area (Å²) in [5, 5.41) is 70.6. The first-order chi connectivity index (χ1) is 15.2. The topological polar surface area (TPSA) is 181 Å². The van der Waals surface area contributed by atoms with Crippen LogP contribution in [-0.2, 0) is 6.42 Å². The summed E-state index contributed by atoms with van der Waals surface area (Å²) in [6.07, 6.45) is -2.24. The van der Waals surface area contributed by atoms with Crippen molar-refractivity contribution >= 4 is 21.7 Å². The first kappa shape index (κ1) is 19.6. The van der Waals surface area contributed by atoms with Gasteiger partial charge < -0.3 is 44.9 Å². The molecule has 0 bridgehead atoms. The fourth-order valence-corrected chi connectivity index (χ4v) is 4.07. The minimum Gasteiger partial charge on any atom is -0.508 e. The molecule has 1 aromatic heterocycles. The standard InChI is InChI=1S/C22H16O10/c23-8-3-12(24)9-5-15(27)20(31-16(9)4-8)7-1-10-17-11(6-13(25)18(28)19(17)29)22(30)32-21(10)14(26)2-7/h1-4,6,15,20,23-29H,5H2. The van der Waals surface area contributed by atoms with Crippen molar-refractivity contribution in [2.24, 2.45) is 0 Å². The molecule has 1 aliphatic rings. The van der Waals surface area contributed by atoms with Gasteiger partial charge in [-0.05, 0) is 23.8 Å². The molecule has 2 atom stereocenters. The lowest BCUT2D eigenvalue weighted by Crippen LogP contribution is -2.30. The molecule has 0 radical (unpaired) electrons. The van der Waals surface area contributed by atoms with Gasteiger partial charge in [0.2, 0.25) is 5.75 Å². The molecule has 2 unspecified atom stereocenters. The fraction of sp³-hybridized carbons (Fsp3) is 0.136. The van der Waals surface area contributed by atoms with Gasteiger partial charge in [0.15, 0.2) is 22.8 Å². The van der Waals surface area contributed by atoms with E-state index in [0.29, 0.717) is 5.56 Å². The molecule has 164 valence electrons. The number of aliphatic hydroxyl groups excluding tert-OH is 1. The van der Waals surface area contributed by atoms with Crippen molar-refractivity contribution in [1.82, 2.24) is 0 Å². The minimum absolute atomic E-state index is 0.0164. The van der Waals surface area contributed by atoms with E-state index < -0.39 is 40.8 Å². The molecule has 3 aromatic carbocycles. The summed E-state index contributed by atoms with van der Waals surface area (Å²) in [6, 6.07) is 5.91. The Hall–Kier alpha value is -4.31. The fourth-order valence-electron chi connectivity index (χ4n) is 4.07. The van der Waals surface area contributed by atoms with E-state index >= 15 is 0 Å². The molecule has 5 rings (SSSR count). The third-order valence-corrected chi connectivity index (χ3v) is 5.55. The van der Waals surface area contributed by atoms with Gasteiger partial charge in [0.05, 0.1) is 11.5 Å². The molecular weight excluding hydrogens is 424 g/mol. The van der Waals surface area contributed by atoms with Crippen LogP contribution in [0.5, 0.6) is 40.2 Å². The van der Waals surface area contributed by atoms with E-state index in [0.717, 1.165) is 12.1 Å². The highest BCUT2D eigenvalue weighted by molar-refractivity contribution is 6.10. The highest BCUT2D eigenvalue weighted by atomic mass is 16.5. The molecule has 7 N–H and O–H groups in total. The number of phenols is 6. The summed E-state index contributed by atoms with van der Waals surface area (Å²) in [4.78, 5) is 12.3. The molecule has 4 aromatic rings. The first-order valence-corrected chi connectivity index (χ1v) is 9.42. The SMILES string of the molecule is O=c1oc2c(O)cc(C3Oc4cc(O)cc(O)c4CC3O)cc2c2c(O)c(O)c(O)cc12. The average molecular weight is 440 g/mol. The lowest BCUT2D eigenvalue weighted by atomic mass is 9.92. The van der Waals surface area contributed by atoms with Gasteiger partial charge in [-0.15, -0.1) is 0 Å². The Bertz CT molecular complexity index is 1490. The molecule has 2 heterocycles. The van der Waals surface area contributed by atoms with Crippen molar-refractivity contribution in [3.8, 4) is 40.2 Å². The van der Waals surface area contributed by atoms with Crippen LogP contribution in [0.15, 0.2) is 39.5 Å². The van der Waals surface area contributed by atoms with Crippen molar-refractivity contribution in [1.29, 1.82) is 0 Å². The Morgan fingerprint density at radius 3 is 2.31 bits per heavy atom. The van der Waals surface area contributed by atoms with Crippen molar-refractivity contribution in [2.45, 2.75) is 18.6 Å². The van der Waals surface area contributed by atoms with Crippen LogP contribution >= 0.6 is 0 Å². The molecular formula is C22H16O10. The zero-order valence-electron chi connectivity index (χ0n) is 16.1. The van der Waals surface area contributed by atoms with Crippen LogP contribution in [0, 0.1) is 0 Å². The number of aromatic hydroxyl groups is 6. The molecule has 0 spiro atoms. The smallest absolute Gasteiger partial charge is 0.344 e. The summed E-state index contributed by atoms with van der Waals surface area (Å²) in [6.45, 7) is 0. The predicted molar refractivity (Wildman–Crippen MR) is 110 cm³/mol. The highest BCUT2D eigenvalue weighted by Crippen LogP contribution is 2.46. The van der Waals surface area contributed by atoms with E-state index in [9.17, 15) is 40.5 Å². The van der Waals surface area contributed by atoms with E-state index in [1.807, 2.05) is 0 Å². The van der Waals surface area contributed by atoms with Gasteiger partial charge >= 0.3 is 5.63 Å². The van der Waals surface area contributed by atoms with Crippen molar-refractivity contribution in [3.05, 3.63) is 51.9 Å². The Labute approximate surface area is 178 Å².